The van der Waals surface area contributed by atoms with Crippen molar-refractivity contribution >= 4 is 0 Å². The highest BCUT2D eigenvalue weighted by atomic mass is 16.5. The number of hydrogen-bond donors (Lipinski definition) is 1. The van der Waals surface area contributed by atoms with Gasteiger partial charge in [0.05, 0.1) is 7.11 Å². The maximum atomic E-state index is 5.60. The first-order valence-corrected chi connectivity index (χ1v) is 6.68. The van der Waals surface area contributed by atoms with Crippen LogP contribution in [-0.2, 0) is 12.8 Å². The first kappa shape index (κ1) is 11.1. The molecule has 0 aromatic heterocycles. The van der Waals surface area contributed by atoms with Gasteiger partial charge in [-0.05, 0) is 61.8 Å². The molecule has 2 heteroatoms. The number of aryl methyl sites for hydroxylation is 1. The lowest BCUT2D eigenvalue weighted by Crippen LogP contribution is -2.46. The SMILES string of the molecule is COc1c(C)ccc2c1C[C@H]1CCCNC1C2. The van der Waals surface area contributed by atoms with Crippen molar-refractivity contribution in [1.29, 1.82) is 0 Å². The van der Waals surface area contributed by atoms with Crippen LogP contribution in [0.2, 0.25) is 0 Å². The molecule has 3 rings (SSSR count). The monoisotopic (exact) mass is 231 g/mol. The van der Waals surface area contributed by atoms with Gasteiger partial charge in [0.15, 0.2) is 0 Å². The molecule has 1 aromatic rings. The standard InChI is InChI=1S/C15H21NO/c1-10-5-6-11-9-14-12(4-3-7-16-14)8-13(11)15(10)17-2/h5-6,12,14,16H,3-4,7-9H2,1-2H3/t12-,14?/m1/s1. The predicted molar refractivity (Wildman–Crippen MR) is 69.7 cm³/mol. The van der Waals surface area contributed by atoms with E-state index in [-0.39, 0.29) is 0 Å². The third-order valence-corrected chi connectivity index (χ3v) is 4.39. The van der Waals surface area contributed by atoms with Crippen molar-refractivity contribution in [3.05, 3.63) is 28.8 Å². The van der Waals surface area contributed by atoms with E-state index >= 15 is 0 Å². The highest BCUT2D eigenvalue weighted by Crippen LogP contribution is 2.37. The third-order valence-electron chi connectivity index (χ3n) is 4.39. The number of nitrogens with one attached hydrogen (secondary N) is 1. The van der Waals surface area contributed by atoms with Gasteiger partial charge < -0.3 is 10.1 Å². The fourth-order valence-electron chi connectivity index (χ4n) is 3.49. The van der Waals surface area contributed by atoms with Crippen LogP contribution in [0.4, 0.5) is 0 Å². The molecule has 0 amide bonds. The van der Waals surface area contributed by atoms with Gasteiger partial charge in [0.1, 0.15) is 5.75 Å². The molecule has 1 aliphatic carbocycles. The Morgan fingerprint density at radius 1 is 1.29 bits per heavy atom. The zero-order valence-electron chi connectivity index (χ0n) is 10.8. The smallest absolute Gasteiger partial charge is 0.125 e. The Labute approximate surface area is 103 Å². The summed E-state index contributed by atoms with van der Waals surface area (Å²) in [5.74, 6) is 1.94. The molecule has 0 spiro atoms. The van der Waals surface area contributed by atoms with Crippen LogP contribution >= 0.6 is 0 Å². The first-order valence-electron chi connectivity index (χ1n) is 6.68. The lowest BCUT2D eigenvalue weighted by molar-refractivity contribution is 0.259. The van der Waals surface area contributed by atoms with Crippen LogP contribution in [0.25, 0.3) is 0 Å². The van der Waals surface area contributed by atoms with Crippen LogP contribution in [-0.4, -0.2) is 19.7 Å². The van der Waals surface area contributed by atoms with Crippen molar-refractivity contribution in [1.82, 2.24) is 5.32 Å². The molecule has 17 heavy (non-hydrogen) atoms. The molecular formula is C15H21NO. The summed E-state index contributed by atoms with van der Waals surface area (Å²) in [6.07, 6.45) is 5.06. The summed E-state index contributed by atoms with van der Waals surface area (Å²) in [6, 6.07) is 5.18. The fraction of sp³-hybridized carbons (Fsp3) is 0.600. The highest BCUT2D eigenvalue weighted by molar-refractivity contribution is 5.48. The summed E-state index contributed by atoms with van der Waals surface area (Å²) in [5.41, 5.74) is 4.23. The number of methoxy groups -OCH3 is 1. The molecule has 1 unspecified atom stereocenters. The molecule has 2 nitrogen and oxygen atoms in total. The third kappa shape index (κ3) is 1.85. The Kier molecular flexibility index (Phi) is 2.83. The molecule has 1 saturated heterocycles. The molecule has 1 fully saturated rings. The van der Waals surface area contributed by atoms with Gasteiger partial charge in [-0.2, -0.15) is 0 Å². The van der Waals surface area contributed by atoms with E-state index in [9.17, 15) is 0 Å². The van der Waals surface area contributed by atoms with Gasteiger partial charge in [-0.3, -0.25) is 0 Å². The Hall–Kier alpha value is -1.02. The van der Waals surface area contributed by atoms with E-state index in [0.717, 1.165) is 11.7 Å². The normalized spacial score (nSPS) is 27.2. The summed E-state index contributed by atoms with van der Waals surface area (Å²) >= 11 is 0. The number of rotatable bonds is 1. The van der Waals surface area contributed by atoms with Crippen LogP contribution in [0, 0.1) is 12.8 Å². The van der Waals surface area contributed by atoms with Crippen LogP contribution < -0.4 is 10.1 Å². The predicted octanol–water partition coefficient (Wildman–Crippen LogP) is 2.47. The molecule has 1 aromatic carbocycles. The van der Waals surface area contributed by atoms with Gasteiger partial charge in [0, 0.05) is 6.04 Å². The molecule has 1 aliphatic heterocycles. The maximum Gasteiger partial charge on any atom is 0.125 e. The second kappa shape index (κ2) is 4.34. The van der Waals surface area contributed by atoms with Crippen molar-refractivity contribution in [3.8, 4) is 5.75 Å². The number of piperidine rings is 1. The summed E-state index contributed by atoms with van der Waals surface area (Å²) in [7, 11) is 1.80. The minimum atomic E-state index is 0.698. The van der Waals surface area contributed by atoms with Crippen molar-refractivity contribution < 1.29 is 4.74 Å². The van der Waals surface area contributed by atoms with Crippen molar-refractivity contribution in [3.63, 3.8) is 0 Å². The van der Waals surface area contributed by atoms with Gasteiger partial charge in [-0.25, -0.2) is 0 Å². The lowest BCUT2D eigenvalue weighted by atomic mass is 9.75. The Morgan fingerprint density at radius 2 is 2.18 bits per heavy atom. The van der Waals surface area contributed by atoms with Gasteiger partial charge >= 0.3 is 0 Å². The summed E-state index contributed by atoms with van der Waals surface area (Å²) in [5, 5.41) is 3.67. The summed E-state index contributed by atoms with van der Waals surface area (Å²) in [6.45, 7) is 3.34. The second-order valence-corrected chi connectivity index (χ2v) is 5.42. The summed E-state index contributed by atoms with van der Waals surface area (Å²) < 4.78 is 5.60. The first-order chi connectivity index (χ1) is 8.29. The van der Waals surface area contributed by atoms with Crippen LogP contribution in [0.5, 0.6) is 5.75 Å². The molecule has 1 N–H and O–H groups in total. The topological polar surface area (TPSA) is 21.3 Å². The molecule has 92 valence electrons. The van der Waals surface area contributed by atoms with Crippen molar-refractivity contribution in [2.75, 3.05) is 13.7 Å². The molecule has 2 aliphatic rings. The van der Waals surface area contributed by atoms with Crippen LogP contribution in [0.1, 0.15) is 29.5 Å². The fourth-order valence-corrected chi connectivity index (χ4v) is 3.49. The van der Waals surface area contributed by atoms with E-state index in [1.165, 1.54) is 48.9 Å². The number of ether oxygens (including phenoxy) is 1. The zero-order valence-corrected chi connectivity index (χ0v) is 10.8. The van der Waals surface area contributed by atoms with E-state index in [1.54, 1.807) is 7.11 Å². The van der Waals surface area contributed by atoms with Crippen LogP contribution in [0.3, 0.4) is 0 Å². The molecule has 0 bridgehead atoms. The van der Waals surface area contributed by atoms with E-state index < -0.39 is 0 Å². The van der Waals surface area contributed by atoms with E-state index in [2.05, 4.69) is 24.4 Å². The number of hydrogen-bond acceptors (Lipinski definition) is 2. The average Bonchev–Trinajstić information content (AvgIpc) is 2.36. The molecule has 2 atom stereocenters. The average molecular weight is 231 g/mol. The molecule has 0 radical (unpaired) electrons. The second-order valence-electron chi connectivity index (χ2n) is 5.42. The quantitative estimate of drug-likeness (QED) is 0.801. The maximum absolute atomic E-state index is 5.60. The number of benzene rings is 1. The van der Waals surface area contributed by atoms with Crippen molar-refractivity contribution in [2.45, 2.75) is 38.6 Å². The molecule has 0 saturated carbocycles. The largest absolute Gasteiger partial charge is 0.496 e. The van der Waals surface area contributed by atoms with Gasteiger partial charge in [0.2, 0.25) is 0 Å². The van der Waals surface area contributed by atoms with E-state index in [4.69, 9.17) is 4.74 Å². The van der Waals surface area contributed by atoms with Gasteiger partial charge in [0.25, 0.3) is 0 Å². The van der Waals surface area contributed by atoms with Gasteiger partial charge in [-0.15, -0.1) is 0 Å². The Balaban J connectivity index is 1.99. The highest BCUT2D eigenvalue weighted by Gasteiger charge is 2.32. The number of fused-ring (bicyclic) bond motifs is 2. The van der Waals surface area contributed by atoms with Gasteiger partial charge in [-0.1, -0.05) is 12.1 Å². The molecular weight excluding hydrogens is 210 g/mol. The van der Waals surface area contributed by atoms with E-state index in [0.29, 0.717) is 6.04 Å². The minimum Gasteiger partial charge on any atom is -0.496 e. The summed E-state index contributed by atoms with van der Waals surface area (Å²) in [4.78, 5) is 0. The zero-order chi connectivity index (χ0) is 11.8. The van der Waals surface area contributed by atoms with Crippen molar-refractivity contribution in [2.24, 2.45) is 5.92 Å². The minimum absolute atomic E-state index is 0.698. The molecule has 1 heterocycles. The Morgan fingerprint density at radius 3 is 3.00 bits per heavy atom. The van der Waals surface area contributed by atoms with Crippen LogP contribution in [0.15, 0.2) is 12.1 Å². The van der Waals surface area contributed by atoms with E-state index in [1.807, 2.05) is 0 Å². The lowest BCUT2D eigenvalue weighted by Gasteiger charge is -2.38. The Bertz CT molecular complexity index is 427.